The third-order valence-electron chi connectivity index (χ3n) is 5.37. The van der Waals surface area contributed by atoms with Crippen LogP contribution in [0.15, 0.2) is 6.33 Å². The molecule has 1 aliphatic rings. The number of nitrogens with zero attached hydrogens (tertiary/aromatic N) is 4. The fourth-order valence-corrected chi connectivity index (χ4v) is 3.77. The average molecular weight is 492 g/mol. The number of carbonyl (C=O) groups is 2. The lowest BCUT2D eigenvalue weighted by atomic mass is 9.96. The molecule has 3 rings (SSSR count). The lowest BCUT2D eigenvalue weighted by molar-refractivity contribution is -0.186. The molecule has 15 heteroatoms. The van der Waals surface area contributed by atoms with E-state index in [0.29, 0.717) is 0 Å². The number of hydrogen-bond donors (Lipinski definition) is 5. The predicted octanol–water partition coefficient (Wildman–Crippen LogP) is 0.136. The molecule has 1 aliphatic heterocycles. The summed E-state index contributed by atoms with van der Waals surface area (Å²) < 4.78 is 26.9. The van der Waals surface area contributed by atoms with Crippen LogP contribution in [0.2, 0.25) is 5.28 Å². The van der Waals surface area contributed by atoms with E-state index >= 15 is 0 Å². The zero-order chi connectivity index (χ0) is 24.3. The number of aliphatic hydroxyl groups excluding tert-OH is 2. The molecule has 1 fully saturated rings. The van der Waals surface area contributed by atoms with Gasteiger partial charge in [0.25, 0.3) is 5.60 Å². The summed E-state index contributed by atoms with van der Waals surface area (Å²) >= 11 is 5.81. The number of rotatable bonds is 11. The third kappa shape index (κ3) is 4.84. The van der Waals surface area contributed by atoms with Crippen molar-refractivity contribution in [2.75, 3.05) is 18.9 Å². The average Bonchev–Trinajstić information content (AvgIpc) is 3.28. The van der Waals surface area contributed by atoms with Crippen molar-refractivity contribution in [3.8, 4) is 0 Å². The van der Waals surface area contributed by atoms with Gasteiger partial charge in [-0.05, 0) is 37.3 Å². The summed E-state index contributed by atoms with van der Waals surface area (Å²) in [6.07, 6.45) is -5.14. The summed E-state index contributed by atoms with van der Waals surface area (Å²) in [5, 5.41) is 37.9. The Hall–Kier alpha value is -2.65. The molecular formula is C18H23ClFN5O8. The predicted molar refractivity (Wildman–Crippen MR) is 109 cm³/mol. The van der Waals surface area contributed by atoms with Gasteiger partial charge < -0.3 is 35.6 Å². The monoisotopic (exact) mass is 491 g/mol. The SMILES string of the molecule is Nc1nc(Cl)nc2c1ncn2[C@@H]1O[C@H](CCOC(CCCCO)(C(=O)O)C(=O)O)[C@@H](O)[C@@H]1F. The molecule has 0 saturated carbocycles. The Morgan fingerprint density at radius 2 is 2.00 bits per heavy atom. The van der Waals surface area contributed by atoms with Gasteiger partial charge in [0, 0.05) is 6.61 Å². The second kappa shape index (κ2) is 10.1. The first kappa shape index (κ1) is 25.0. The van der Waals surface area contributed by atoms with Crippen LogP contribution >= 0.6 is 11.6 Å². The minimum absolute atomic E-state index is 0.0254. The van der Waals surface area contributed by atoms with Crippen LogP contribution in [0.1, 0.15) is 31.9 Å². The molecule has 6 N–H and O–H groups in total. The molecule has 1 saturated heterocycles. The van der Waals surface area contributed by atoms with Gasteiger partial charge >= 0.3 is 11.9 Å². The summed E-state index contributed by atoms with van der Waals surface area (Å²) in [6.45, 7) is -0.689. The summed E-state index contributed by atoms with van der Waals surface area (Å²) in [7, 11) is 0. The molecule has 3 heterocycles. The van der Waals surface area contributed by atoms with Crippen molar-refractivity contribution < 1.29 is 43.9 Å². The van der Waals surface area contributed by atoms with E-state index in [1.807, 2.05) is 0 Å². The topological polar surface area (TPSA) is 203 Å². The van der Waals surface area contributed by atoms with Crippen LogP contribution in [0.3, 0.4) is 0 Å². The maximum Gasteiger partial charge on any atom is 0.347 e. The Balaban J connectivity index is 1.72. The zero-order valence-corrected chi connectivity index (χ0v) is 17.9. The second-order valence-corrected chi connectivity index (χ2v) is 7.80. The molecule has 182 valence electrons. The molecule has 0 radical (unpaired) electrons. The van der Waals surface area contributed by atoms with Gasteiger partial charge in [0.15, 0.2) is 23.9 Å². The number of hydrogen-bond acceptors (Lipinski definition) is 10. The van der Waals surface area contributed by atoms with Crippen LogP contribution in [0.5, 0.6) is 0 Å². The zero-order valence-electron chi connectivity index (χ0n) is 17.2. The number of imidazole rings is 1. The van der Waals surface area contributed by atoms with Crippen LogP contribution < -0.4 is 5.73 Å². The lowest BCUT2D eigenvalue weighted by Crippen LogP contribution is -2.49. The highest BCUT2D eigenvalue weighted by atomic mass is 35.5. The maximum absolute atomic E-state index is 14.9. The molecule has 0 aromatic carbocycles. The van der Waals surface area contributed by atoms with Gasteiger partial charge in [-0.3, -0.25) is 4.57 Å². The highest BCUT2D eigenvalue weighted by Gasteiger charge is 2.49. The van der Waals surface area contributed by atoms with Gasteiger partial charge in [-0.2, -0.15) is 9.97 Å². The summed E-state index contributed by atoms with van der Waals surface area (Å²) in [4.78, 5) is 35.0. The molecule has 0 spiro atoms. The first-order chi connectivity index (χ1) is 15.6. The van der Waals surface area contributed by atoms with Crippen LogP contribution in [0, 0.1) is 0 Å². The van der Waals surface area contributed by atoms with E-state index in [-0.39, 0.29) is 54.6 Å². The van der Waals surface area contributed by atoms with E-state index in [2.05, 4.69) is 15.0 Å². The van der Waals surface area contributed by atoms with Crippen LogP contribution in [0.4, 0.5) is 10.2 Å². The van der Waals surface area contributed by atoms with E-state index < -0.39 is 48.8 Å². The first-order valence-electron chi connectivity index (χ1n) is 9.97. The van der Waals surface area contributed by atoms with Crippen molar-refractivity contribution in [2.45, 2.75) is 55.9 Å². The molecule has 13 nitrogen and oxygen atoms in total. The first-order valence-corrected chi connectivity index (χ1v) is 10.3. The van der Waals surface area contributed by atoms with Gasteiger partial charge in [-0.25, -0.2) is 19.0 Å². The lowest BCUT2D eigenvalue weighted by Gasteiger charge is -2.26. The number of nitrogen functional groups attached to an aromatic ring is 1. The van der Waals surface area contributed by atoms with Crippen molar-refractivity contribution in [1.82, 2.24) is 19.5 Å². The third-order valence-corrected chi connectivity index (χ3v) is 5.54. The van der Waals surface area contributed by atoms with E-state index in [1.165, 1.54) is 10.9 Å². The fraction of sp³-hybridized carbons (Fsp3) is 0.611. The van der Waals surface area contributed by atoms with Crippen molar-refractivity contribution in [1.29, 1.82) is 0 Å². The van der Waals surface area contributed by atoms with E-state index in [9.17, 15) is 29.3 Å². The standard InChI is InChI=1S/C18H23ClFN5O8/c19-17-23-12(21)10-13(24-17)25(7-22-10)14-9(20)11(27)8(33-14)3-6-32-18(15(28)29,16(30)31)4-1-2-5-26/h7-9,11,14,26-27H,1-6H2,(H,28,29)(H,30,31)(H2,21,23,24)/t8-,9+,11-,14-/m1/s1. The Morgan fingerprint density at radius 1 is 1.30 bits per heavy atom. The van der Waals surface area contributed by atoms with Crippen LogP contribution in [-0.2, 0) is 19.1 Å². The molecule has 0 aliphatic carbocycles. The normalized spacial score (nSPS) is 23.3. The Labute approximate surface area is 190 Å². The second-order valence-electron chi connectivity index (χ2n) is 7.46. The smallest absolute Gasteiger partial charge is 0.347 e. The molecular weight excluding hydrogens is 469 g/mol. The van der Waals surface area contributed by atoms with Crippen molar-refractivity contribution in [3.05, 3.63) is 11.6 Å². The molecule has 2 aromatic rings. The van der Waals surface area contributed by atoms with Gasteiger partial charge in [-0.1, -0.05) is 0 Å². The number of halogens is 2. The van der Waals surface area contributed by atoms with Gasteiger partial charge in [0.2, 0.25) is 5.28 Å². The van der Waals surface area contributed by atoms with Crippen LogP contribution in [0.25, 0.3) is 11.2 Å². The molecule has 4 atom stereocenters. The number of carboxylic acid groups (broad SMARTS) is 2. The quantitative estimate of drug-likeness (QED) is 0.162. The summed E-state index contributed by atoms with van der Waals surface area (Å²) in [5.41, 5.74) is 3.44. The number of carboxylic acids is 2. The Kier molecular flexibility index (Phi) is 7.64. The fourth-order valence-electron chi connectivity index (χ4n) is 3.60. The van der Waals surface area contributed by atoms with Gasteiger partial charge in [-0.15, -0.1) is 0 Å². The molecule has 33 heavy (non-hydrogen) atoms. The number of aliphatic hydroxyl groups is 2. The molecule has 0 unspecified atom stereocenters. The summed E-state index contributed by atoms with van der Waals surface area (Å²) in [5.74, 6) is -3.44. The van der Waals surface area contributed by atoms with E-state index in [1.54, 1.807) is 0 Å². The van der Waals surface area contributed by atoms with Gasteiger partial charge in [0.1, 0.15) is 11.6 Å². The number of nitrogens with two attached hydrogens (primary N) is 1. The van der Waals surface area contributed by atoms with Crippen molar-refractivity contribution in [2.24, 2.45) is 0 Å². The maximum atomic E-state index is 14.9. The number of unbranched alkanes of at least 4 members (excludes halogenated alkanes) is 1. The Morgan fingerprint density at radius 3 is 2.64 bits per heavy atom. The largest absolute Gasteiger partial charge is 0.479 e. The number of ether oxygens (including phenoxy) is 2. The van der Waals surface area contributed by atoms with E-state index in [4.69, 9.17) is 31.9 Å². The minimum Gasteiger partial charge on any atom is -0.479 e. The Bertz CT molecular complexity index is 1010. The number of fused-ring (bicyclic) bond motifs is 1. The van der Waals surface area contributed by atoms with Crippen molar-refractivity contribution >= 4 is 40.5 Å². The van der Waals surface area contributed by atoms with E-state index in [0.717, 1.165) is 0 Å². The van der Waals surface area contributed by atoms with Crippen LogP contribution in [-0.4, -0.2) is 89.1 Å². The number of aromatic nitrogens is 4. The number of aliphatic carboxylic acids is 2. The van der Waals surface area contributed by atoms with Crippen molar-refractivity contribution in [3.63, 3.8) is 0 Å². The summed E-state index contributed by atoms with van der Waals surface area (Å²) in [6, 6.07) is 0. The number of alkyl halides is 1. The number of anilines is 1. The highest BCUT2D eigenvalue weighted by molar-refractivity contribution is 6.28. The highest BCUT2D eigenvalue weighted by Crippen LogP contribution is 2.36. The molecule has 0 bridgehead atoms. The molecule has 2 aromatic heterocycles. The van der Waals surface area contributed by atoms with Gasteiger partial charge in [0.05, 0.1) is 19.0 Å². The molecule has 0 amide bonds. The minimum atomic E-state index is -2.54.